The highest BCUT2D eigenvalue weighted by Gasteiger charge is 2.49. The molecule has 0 heterocycles. The van der Waals surface area contributed by atoms with Gasteiger partial charge in [0.2, 0.25) is 0 Å². The molecule has 84 valence electrons. The van der Waals surface area contributed by atoms with Gasteiger partial charge < -0.3 is 10.8 Å². The lowest BCUT2D eigenvalue weighted by molar-refractivity contribution is -0.134. The fourth-order valence-corrected chi connectivity index (χ4v) is 2.85. The molecule has 0 aromatic carbocycles. The van der Waals surface area contributed by atoms with Crippen LogP contribution in [-0.2, 0) is 0 Å². The average Bonchev–Trinajstić information content (AvgIpc) is 2.21. The number of rotatable bonds is 3. The van der Waals surface area contributed by atoms with Crippen LogP contribution in [0.5, 0.6) is 0 Å². The van der Waals surface area contributed by atoms with E-state index in [1.54, 1.807) is 0 Å². The summed E-state index contributed by atoms with van der Waals surface area (Å²) in [5.41, 5.74) is 5.20. The second-order valence-electron chi connectivity index (χ2n) is 5.19. The summed E-state index contributed by atoms with van der Waals surface area (Å²) in [7, 11) is 0. The fraction of sp³-hybridized carbons (Fsp3) is 1.00. The van der Waals surface area contributed by atoms with Crippen molar-refractivity contribution in [1.29, 1.82) is 0 Å². The molecule has 1 aliphatic carbocycles. The number of hydrogen-bond donors (Lipinski definition) is 2. The Morgan fingerprint density at radius 2 is 2.14 bits per heavy atom. The molecule has 1 aliphatic rings. The third-order valence-corrected chi connectivity index (χ3v) is 4.54. The minimum absolute atomic E-state index is 0.104. The van der Waals surface area contributed by atoms with E-state index in [-0.39, 0.29) is 5.41 Å². The predicted molar refractivity (Wildman–Crippen MR) is 60.0 cm³/mol. The smallest absolute Gasteiger partial charge is 0.0738 e. The van der Waals surface area contributed by atoms with Crippen molar-refractivity contribution in [2.45, 2.75) is 58.5 Å². The molecule has 14 heavy (non-hydrogen) atoms. The van der Waals surface area contributed by atoms with Crippen LogP contribution in [0.3, 0.4) is 0 Å². The molecular formula is C12H25NO. The zero-order valence-electron chi connectivity index (χ0n) is 9.84. The van der Waals surface area contributed by atoms with E-state index in [0.29, 0.717) is 12.5 Å². The first-order valence-electron chi connectivity index (χ1n) is 5.92. The van der Waals surface area contributed by atoms with E-state index in [2.05, 4.69) is 20.8 Å². The molecule has 0 aliphatic heterocycles. The van der Waals surface area contributed by atoms with E-state index in [4.69, 9.17) is 5.73 Å². The number of hydrogen-bond acceptors (Lipinski definition) is 2. The average molecular weight is 199 g/mol. The zero-order chi connectivity index (χ0) is 10.8. The predicted octanol–water partition coefficient (Wildman–Crippen LogP) is 2.30. The van der Waals surface area contributed by atoms with E-state index >= 15 is 0 Å². The van der Waals surface area contributed by atoms with Crippen LogP contribution in [0.15, 0.2) is 0 Å². The van der Waals surface area contributed by atoms with Gasteiger partial charge in [-0.05, 0) is 25.2 Å². The van der Waals surface area contributed by atoms with Crippen molar-refractivity contribution in [2.75, 3.05) is 6.54 Å². The van der Waals surface area contributed by atoms with Crippen molar-refractivity contribution in [3.8, 4) is 0 Å². The van der Waals surface area contributed by atoms with E-state index in [1.165, 1.54) is 6.42 Å². The molecule has 0 aromatic heterocycles. The Labute approximate surface area is 87.9 Å². The van der Waals surface area contributed by atoms with Crippen molar-refractivity contribution in [1.82, 2.24) is 0 Å². The summed E-state index contributed by atoms with van der Waals surface area (Å²) in [5.74, 6) is 0.393. The van der Waals surface area contributed by atoms with Gasteiger partial charge in [0.25, 0.3) is 0 Å². The maximum Gasteiger partial charge on any atom is 0.0738 e. The maximum absolute atomic E-state index is 10.8. The Balaban J connectivity index is 2.89. The highest BCUT2D eigenvalue weighted by Crippen LogP contribution is 2.46. The standard InChI is InChI=1S/C12H25NO/c1-4-11(3,9-13)12(14)8-6-5-7-10(12)2/h10,14H,4-9,13H2,1-3H3. The zero-order valence-corrected chi connectivity index (χ0v) is 9.84. The molecule has 3 atom stereocenters. The van der Waals surface area contributed by atoms with Crippen LogP contribution >= 0.6 is 0 Å². The lowest BCUT2D eigenvalue weighted by atomic mass is 9.60. The fourth-order valence-electron chi connectivity index (χ4n) is 2.85. The van der Waals surface area contributed by atoms with E-state index in [0.717, 1.165) is 25.7 Å². The molecule has 0 radical (unpaired) electrons. The van der Waals surface area contributed by atoms with Crippen LogP contribution in [0.25, 0.3) is 0 Å². The Hall–Kier alpha value is -0.0800. The van der Waals surface area contributed by atoms with Crippen LogP contribution in [-0.4, -0.2) is 17.3 Å². The van der Waals surface area contributed by atoms with E-state index < -0.39 is 5.60 Å². The lowest BCUT2D eigenvalue weighted by Crippen LogP contribution is -2.55. The molecule has 0 amide bonds. The van der Waals surface area contributed by atoms with Crippen molar-refractivity contribution in [3.63, 3.8) is 0 Å². The summed E-state index contributed by atoms with van der Waals surface area (Å²) in [4.78, 5) is 0. The Morgan fingerprint density at radius 1 is 1.50 bits per heavy atom. The SMILES string of the molecule is CCC(C)(CN)C1(O)CCCCC1C. The summed E-state index contributed by atoms with van der Waals surface area (Å²) >= 11 is 0. The summed E-state index contributed by atoms with van der Waals surface area (Å²) in [5, 5.41) is 10.8. The van der Waals surface area contributed by atoms with E-state index in [1.807, 2.05) is 0 Å². The van der Waals surface area contributed by atoms with Gasteiger partial charge in [-0.15, -0.1) is 0 Å². The molecule has 3 unspecified atom stereocenters. The molecule has 1 fully saturated rings. The van der Waals surface area contributed by atoms with Crippen LogP contribution < -0.4 is 5.73 Å². The molecule has 0 bridgehead atoms. The molecule has 0 saturated heterocycles. The second kappa shape index (κ2) is 4.19. The molecule has 0 spiro atoms. The summed E-state index contributed by atoms with van der Waals surface area (Å²) in [6, 6.07) is 0. The molecule has 1 saturated carbocycles. The van der Waals surface area contributed by atoms with Gasteiger partial charge in [0.15, 0.2) is 0 Å². The monoisotopic (exact) mass is 199 g/mol. The first-order chi connectivity index (χ1) is 6.50. The van der Waals surface area contributed by atoms with Crippen molar-refractivity contribution in [3.05, 3.63) is 0 Å². The third-order valence-electron chi connectivity index (χ3n) is 4.54. The van der Waals surface area contributed by atoms with Crippen LogP contribution in [0, 0.1) is 11.3 Å². The summed E-state index contributed by atoms with van der Waals surface area (Å²) in [6.07, 6.45) is 5.44. The normalized spacial score (nSPS) is 37.9. The van der Waals surface area contributed by atoms with Gasteiger partial charge in [-0.1, -0.05) is 33.6 Å². The van der Waals surface area contributed by atoms with Crippen LogP contribution in [0.1, 0.15) is 52.9 Å². The number of nitrogens with two attached hydrogens (primary N) is 1. The van der Waals surface area contributed by atoms with Crippen LogP contribution in [0.2, 0.25) is 0 Å². The Kier molecular flexibility index (Phi) is 3.59. The van der Waals surface area contributed by atoms with Crippen molar-refractivity contribution >= 4 is 0 Å². The first kappa shape index (κ1) is 12.0. The highest BCUT2D eigenvalue weighted by atomic mass is 16.3. The van der Waals surface area contributed by atoms with Gasteiger partial charge in [-0.3, -0.25) is 0 Å². The Morgan fingerprint density at radius 3 is 2.57 bits per heavy atom. The topological polar surface area (TPSA) is 46.2 Å². The van der Waals surface area contributed by atoms with Gasteiger partial charge in [0.1, 0.15) is 0 Å². The third kappa shape index (κ3) is 1.70. The Bertz CT molecular complexity index is 189. The molecule has 2 nitrogen and oxygen atoms in total. The largest absolute Gasteiger partial charge is 0.389 e. The minimum atomic E-state index is -0.533. The van der Waals surface area contributed by atoms with Crippen LogP contribution in [0.4, 0.5) is 0 Å². The second-order valence-corrected chi connectivity index (χ2v) is 5.19. The molecular weight excluding hydrogens is 174 g/mol. The summed E-state index contributed by atoms with van der Waals surface area (Å²) in [6.45, 7) is 7.02. The van der Waals surface area contributed by atoms with Gasteiger partial charge in [-0.2, -0.15) is 0 Å². The molecule has 3 N–H and O–H groups in total. The van der Waals surface area contributed by atoms with Gasteiger partial charge in [0.05, 0.1) is 5.60 Å². The van der Waals surface area contributed by atoms with Gasteiger partial charge in [0, 0.05) is 12.0 Å². The maximum atomic E-state index is 10.8. The van der Waals surface area contributed by atoms with Crippen molar-refractivity contribution < 1.29 is 5.11 Å². The summed E-state index contributed by atoms with van der Waals surface area (Å²) < 4.78 is 0. The number of aliphatic hydroxyl groups is 1. The molecule has 1 rings (SSSR count). The van der Waals surface area contributed by atoms with E-state index in [9.17, 15) is 5.11 Å². The van der Waals surface area contributed by atoms with Gasteiger partial charge in [-0.25, -0.2) is 0 Å². The highest BCUT2D eigenvalue weighted by molar-refractivity contribution is 5.00. The van der Waals surface area contributed by atoms with Gasteiger partial charge >= 0.3 is 0 Å². The lowest BCUT2D eigenvalue weighted by Gasteiger charge is -2.50. The van der Waals surface area contributed by atoms with Crippen molar-refractivity contribution in [2.24, 2.45) is 17.1 Å². The molecule has 2 heteroatoms. The first-order valence-corrected chi connectivity index (χ1v) is 5.92. The quantitative estimate of drug-likeness (QED) is 0.732. The molecule has 0 aromatic rings. The minimum Gasteiger partial charge on any atom is -0.389 e.